The zero-order chi connectivity index (χ0) is 12.6. The molecule has 0 aromatic rings. The van der Waals surface area contributed by atoms with Crippen molar-refractivity contribution in [3.63, 3.8) is 0 Å². The highest BCUT2D eigenvalue weighted by Gasteiger charge is 2.60. The van der Waals surface area contributed by atoms with Crippen LogP contribution in [0.5, 0.6) is 0 Å². The number of rotatable bonds is 3. The average molecular weight is 234 g/mol. The Morgan fingerprint density at radius 3 is 2.56 bits per heavy atom. The van der Waals surface area contributed by atoms with Gasteiger partial charge in [0.25, 0.3) is 5.91 Å². The van der Waals surface area contributed by atoms with Gasteiger partial charge in [-0.25, -0.2) is 0 Å². The molecule has 1 saturated heterocycles. The maximum absolute atomic E-state index is 13.3. The molecule has 16 heavy (non-hydrogen) atoms. The van der Waals surface area contributed by atoms with Crippen LogP contribution in [0.25, 0.3) is 0 Å². The molecule has 0 bridgehead atoms. The molecule has 1 atom stereocenters. The third kappa shape index (κ3) is 1.78. The number of nitrogens with zero attached hydrogens (tertiary/aromatic N) is 1. The van der Waals surface area contributed by atoms with Crippen molar-refractivity contribution < 1.29 is 23.5 Å². The van der Waals surface area contributed by atoms with Gasteiger partial charge in [-0.05, 0) is 6.08 Å². The first-order valence-electron chi connectivity index (χ1n) is 4.56. The van der Waals surface area contributed by atoms with E-state index < -0.39 is 36.3 Å². The van der Waals surface area contributed by atoms with Crippen molar-refractivity contribution in [3.05, 3.63) is 12.7 Å². The van der Waals surface area contributed by atoms with E-state index in [2.05, 4.69) is 12.3 Å². The van der Waals surface area contributed by atoms with Gasteiger partial charge in [0.1, 0.15) is 0 Å². The molecule has 2 amide bonds. The van der Waals surface area contributed by atoms with Gasteiger partial charge in [0, 0.05) is 13.0 Å². The van der Waals surface area contributed by atoms with Crippen LogP contribution in [-0.2, 0) is 9.59 Å². The Hall–Kier alpha value is -1.50. The van der Waals surface area contributed by atoms with Gasteiger partial charge in [0.15, 0.2) is 5.60 Å². The normalized spacial score (nSPS) is 25.6. The Morgan fingerprint density at radius 2 is 2.12 bits per heavy atom. The Morgan fingerprint density at radius 1 is 1.56 bits per heavy atom. The second-order valence-electron chi connectivity index (χ2n) is 3.68. The van der Waals surface area contributed by atoms with Crippen LogP contribution in [0, 0.1) is 0 Å². The molecule has 0 spiro atoms. The van der Waals surface area contributed by atoms with E-state index >= 15 is 0 Å². The van der Waals surface area contributed by atoms with Crippen molar-refractivity contribution in [2.45, 2.75) is 17.9 Å². The van der Waals surface area contributed by atoms with Crippen LogP contribution >= 0.6 is 0 Å². The summed E-state index contributed by atoms with van der Waals surface area (Å²) in [5, 5.41) is 9.63. The number of nitrogens with two attached hydrogens (primary N) is 1. The molecule has 90 valence electrons. The Labute approximate surface area is 90.5 Å². The average Bonchev–Trinajstić information content (AvgIpc) is 2.61. The molecule has 0 aromatic heterocycles. The predicted molar refractivity (Wildman–Crippen MR) is 50.5 cm³/mol. The molecule has 1 aliphatic rings. The van der Waals surface area contributed by atoms with Crippen molar-refractivity contribution in [3.8, 4) is 0 Å². The van der Waals surface area contributed by atoms with Crippen LogP contribution in [-0.4, -0.2) is 46.4 Å². The number of hydrogen-bond donors (Lipinski definition) is 2. The lowest BCUT2D eigenvalue weighted by Crippen LogP contribution is -2.57. The zero-order valence-electron chi connectivity index (χ0n) is 8.45. The smallest absolute Gasteiger partial charge is 0.353 e. The highest BCUT2D eigenvalue weighted by Crippen LogP contribution is 2.36. The lowest BCUT2D eigenvalue weighted by Gasteiger charge is -2.29. The number of carbonyl (C=O) groups is 2. The van der Waals surface area contributed by atoms with Crippen LogP contribution in [0.1, 0.15) is 6.42 Å². The van der Waals surface area contributed by atoms with Crippen molar-refractivity contribution in [2.75, 3.05) is 13.1 Å². The summed E-state index contributed by atoms with van der Waals surface area (Å²) in [6.07, 6.45) is 0.552. The molecule has 7 heteroatoms. The largest absolute Gasteiger partial charge is 0.381 e. The fourth-order valence-corrected chi connectivity index (χ4v) is 1.60. The molecule has 1 heterocycles. The van der Waals surface area contributed by atoms with E-state index in [1.54, 1.807) is 0 Å². The number of aliphatic hydroxyl groups is 1. The molecular weight excluding hydrogens is 222 g/mol. The molecule has 0 radical (unpaired) electrons. The maximum atomic E-state index is 13.3. The fourth-order valence-electron chi connectivity index (χ4n) is 1.60. The van der Waals surface area contributed by atoms with E-state index in [4.69, 9.17) is 0 Å². The van der Waals surface area contributed by atoms with Gasteiger partial charge >= 0.3 is 5.92 Å². The standard InChI is InChI=1S/C9H12F2N2O3/c1-2-6(14)13-4-3-8(16,5-13)9(10,11)7(12)15/h2,16H,1,3-5H2,(H2,12,15). The van der Waals surface area contributed by atoms with Crippen LogP contribution < -0.4 is 5.73 Å². The van der Waals surface area contributed by atoms with E-state index in [-0.39, 0.29) is 6.54 Å². The third-order valence-corrected chi connectivity index (χ3v) is 2.63. The maximum Gasteiger partial charge on any atom is 0.353 e. The van der Waals surface area contributed by atoms with Crippen LogP contribution in [0.2, 0.25) is 0 Å². The minimum Gasteiger partial charge on any atom is -0.381 e. The Bertz CT molecular complexity index is 346. The van der Waals surface area contributed by atoms with E-state index in [0.717, 1.165) is 11.0 Å². The summed E-state index contributed by atoms with van der Waals surface area (Å²) in [5.74, 6) is -6.53. The van der Waals surface area contributed by atoms with Crippen molar-refractivity contribution in [1.82, 2.24) is 4.90 Å². The molecule has 1 aliphatic heterocycles. The summed E-state index contributed by atoms with van der Waals surface area (Å²) in [5.41, 5.74) is 1.93. The third-order valence-electron chi connectivity index (χ3n) is 2.63. The molecular formula is C9H12F2N2O3. The molecule has 0 aliphatic carbocycles. The number of primary amides is 1. The zero-order valence-corrected chi connectivity index (χ0v) is 8.45. The van der Waals surface area contributed by atoms with Gasteiger partial charge in [0.2, 0.25) is 5.91 Å². The summed E-state index contributed by atoms with van der Waals surface area (Å²) < 4.78 is 26.6. The highest BCUT2D eigenvalue weighted by molar-refractivity contribution is 5.88. The fraction of sp³-hybridized carbons (Fsp3) is 0.556. The number of hydrogen-bond acceptors (Lipinski definition) is 3. The second kappa shape index (κ2) is 3.82. The van der Waals surface area contributed by atoms with Crippen molar-refractivity contribution >= 4 is 11.8 Å². The first kappa shape index (κ1) is 12.6. The number of β-amino-alcohol motifs (C(OH)–C–C–N with tert-alkyl or cyclic N) is 1. The van der Waals surface area contributed by atoms with Crippen LogP contribution in [0.15, 0.2) is 12.7 Å². The number of halogens is 2. The summed E-state index contributed by atoms with van der Waals surface area (Å²) in [4.78, 5) is 22.7. The van der Waals surface area contributed by atoms with Crippen molar-refractivity contribution in [1.29, 1.82) is 0 Å². The number of amides is 2. The summed E-state index contributed by atoms with van der Waals surface area (Å²) >= 11 is 0. The second-order valence-corrected chi connectivity index (χ2v) is 3.68. The van der Waals surface area contributed by atoms with E-state index in [1.807, 2.05) is 0 Å². The molecule has 1 fully saturated rings. The topological polar surface area (TPSA) is 83.6 Å². The quantitative estimate of drug-likeness (QED) is 0.630. The van der Waals surface area contributed by atoms with Gasteiger partial charge in [-0.3, -0.25) is 9.59 Å². The number of alkyl halides is 2. The lowest BCUT2D eigenvalue weighted by molar-refractivity contribution is -0.186. The summed E-state index contributed by atoms with van der Waals surface area (Å²) in [6.45, 7) is 2.50. The van der Waals surface area contributed by atoms with Gasteiger partial charge in [0.05, 0.1) is 6.54 Å². The van der Waals surface area contributed by atoms with Gasteiger partial charge < -0.3 is 15.7 Å². The van der Waals surface area contributed by atoms with Gasteiger partial charge in [-0.15, -0.1) is 0 Å². The minimum atomic E-state index is -4.05. The molecule has 3 N–H and O–H groups in total. The van der Waals surface area contributed by atoms with Crippen molar-refractivity contribution in [2.24, 2.45) is 5.73 Å². The molecule has 1 unspecified atom stereocenters. The summed E-state index contributed by atoms with van der Waals surface area (Å²) in [7, 11) is 0. The Balaban J connectivity index is 2.88. The molecule has 1 rings (SSSR count). The van der Waals surface area contributed by atoms with E-state index in [1.165, 1.54) is 0 Å². The number of carbonyl (C=O) groups excluding carboxylic acids is 2. The minimum absolute atomic E-state index is 0.0653. The Kier molecular flexibility index (Phi) is 3.00. The molecule has 0 aromatic carbocycles. The first-order chi connectivity index (χ1) is 7.24. The number of likely N-dealkylation sites (tertiary alicyclic amines) is 1. The van der Waals surface area contributed by atoms with Gasteiger partial charge in [-0.1, -0.05) is 6.58 Å². The highest BCUT2D eigenvalue weighted by atomic mass is 19.3. The van der Waals surface area contributed by atoms with E-state index in [9.17, 15) is 23.5 Å². The van der Waals surface area contributed by atoms with Gasteiger partial charge in [-0.2, -0.15) is 8.78 Å². The predicted octanol–water partition coefficient (Wildman–Crippen LogP) is -0.744. The monoisotopic (exact) mass is 234 g/mol. The molecule has 0 saturated carbocycles. The van der Waals surface area contributed by atoms with Crippen LogP contribution in [0.4, 0.5) is 8.78 Å². The first-order valence-corrected chi connectivity index (χ1v) is 4.56. The summed E-state index contributed by atoms with van der Waals surface area (Å²) in [6, 6.07) is 0. The SMILES string of the molecule is C=CC(=O)N1CCC(O)(C(F)(F)C(N)=O)C1. The van der Waals surface area contributed by atoms with E-state index in [0.29, 0.717) is 0 Å². The van der Waals surface area contributed by atoms with Crippen LogP contribution in [0.3, 0.4) is 0 Å². The lowest BCUT2D eigenvalue weighted by atomic mass is 9.94. The molecule has 5 nitrogen and oxygen atoms in total.